The summed E-state index contributed by atoms with van der Waals surface area (Å²) in [5.41, 5.74) is 2.62. The summed E-state index contributed by atoms with van der Waals surface area (Å²) >= 11 is 12.3. The molecule has 2 aromatic heterocycles. The van der Waals surface area contributed by atoms with Crippen LogP contribution in [-0.4, -0.2) is 25.2 Å². The number of nitrogens with zero attached hydrogens (tertiary/aromatic N) is 4. The smallest absolute Gasteiger partial charge is 0.245 e. The van der Waals surface area contributed by atoms with Crippen molar-refractivity contribution in [1.82, 2.24) is 19.3 Å². The molecule has 0 fully saturated rings. The van der Waals surface area contributed by atoms with E-state index in [-0.39, 0.29) is 12.5 Å². The van der Waals surface area contributed by atoms with Crippen LogP contribution in [0.5, 0.6) is 0 Å². The molecule has 2 heterocycles. The quantitative estimate of drug-likeness (QED) is 0.522. The number of benzene rings is 2. The van der Waals surface area contributed by atoms with Gasteiger partial charge in [-0.15, -0.1) is 0 Å². The Morgan fingerprint density at radius 2 is 1.93 bits per heavy atom. The Hall–Kier alpha value is -2.83. The molecule has 2 aromatic carbocycles. The second kappa shape index (κ2) is 7.66. The number of aromatic nitrogens is 4. The number of imidazole rings is 1. The number of hydrogen-bond donors (Lipinski definition) is 1. The van der Waals surface area contributed by atoms with Gasteiger partial charge in [-0.3, -0.25) is 4.79 Å². The average molecular weight is 414 g/mol. The number of carbonyl (C=O) groups excluding carboxylic acids is 1. The largest absolute Gasteiger partial charge is 0.319 e. The van der Waals surface area contributed by atoms with E-state index in [4.69, 9.17) is 23.2 Å². The Kier molecular flexibility index (Phi) is 5.07. The molecule has 28 heavy (non-hydrogen) atoms. The Morgan fingerprint density at radius 1 is 1.11 bits per heavy atom. The van der Waals surface area contributed by atoms with Gasteiger partial charge >= 0.3 is 0 Å². The predicted molar refractivity (Wildman–Crippen MR) is 111 cm³/mol. The molecule has 0 saturated carbocycles. The van der Waals surface area contributed by atoms with Crippen LogP contribution in [0.1, 0.15) is 11.4 Å². The zero-order chi connectivity index (χ0) is 19.7. The lowest BCUT2D eigenvalue weighted by atomic mass is 10.2. The lowest BCUT2D eigenvalue weighted by Gasteiger charge is -2.12. The monoisotopic (exact) mass is 413 g/mol. The van der Waals surface area contributed by atoms with Crippen LogP contribution in [0.15, 0.2) is 54.7 Å². The number of rotatable bonds is 5. The van der Waals surface area contributed by atoms with Gasteiger partial charge in [0.15, 0.2) is 0 Å². The van der Waals surface area contributed by atoms with Crippen LogP contribution in [-0.2, 0) is 17.9 Å². The third kappa shape index (κ3) is 3.61. The number of fused-ring (bicyclic) bond motifs is 1. The van der Waals surface area contributed by atoms with Crippen molar-refractivity contribution in [1.29, 1.82) is 0 Å². The van der Waals surface area contributed by atoms with E-state index >= 15 is 0 Å². The van der Waals surface area contributed by atoms with E-state index in [2.05, 4.69) is 15.4 Å². The van der Waals surface area contributed by atoms with E-state index in [9.17, 15) is 4.79 Å². The summed E-state index contributed by atoms with van der Waals surface area (Å²) in [6.45, 7) is 2.45. The van der Waals surface area contributed by atoms with Gasteiger partial charge in [0.1, 0.15) is 18.2 Å². The molecule has 0 aliphatic heterocycles. The Morgan fingerprint density at radius 3 is 2.79 bits per heavy atom. The molecular weight excluding hydrogens is 397 g/mol. The van der Waals surface area contributed by atoms with Crippen molar-refractivity contribution >= 4 is 46.0 Å². The third-order valence-corrected chi connectivity index (χ3v) is 5.34. The summed E-state index contributed by atoms with van der Waals surface area (Å²) in [5, 5.41) is 8.16. The zero-order valence-corrected chi connectivity index (χ0v) is 16.6. The molecule has 0 aliphatic rings. The topological polar surface area (TPSA) is 64.7 Å². The van der Waals surface area contributed by atoms with Crippen LogP contribution in [0, 0.1) is 6.92 Å². The van der Waals surface area contributed by atoms with Crippen LogP contribution in [0.25, 0.3) is 11.0 Å². The SMILES string of the molecule is Cc1nc2ccccc2n1CC(=O)Nc1ccnn1Cc1cccc(Cl)c1Cl. The van der Waals surface area contributed by atoms with E-state index in [0.717, 1.165) is 22.4 Å². The van der Waals surface area contributed by atoms with Crippen molar-refractivity contribution in [3.63, 3.8) is 0 Å². The minimum Gasteiger partial charge on any atom is -0.319 e. The molecule has 8 heteroatoms. The Bertz CT molecular complexity index is 1160. The van der Waals surface area contributed by atoms with E-state index < -0.39 is 0 Å². The van der Waals surface area contributed by atoms with Crippen LogP contribution < -0.4 is 5.32 Å². The van der Waals surface area contributed by atoms with Gasteiger partial charge in [0.25, 0.3) is 0 Å². The lowest BCUT2D eigenvalue weighted by Crippen LogP contribution is -2.21. The van der Waals surface area contributed by atoms with Gasteiger partial charge in [-0.25, -0.2) is 9.67 Å². The molecule has 0 aliphatic carbocycles. The number of carbonyl (C=O) groups is 1. The number of halogens is 2. The molecule has 4 rings (SSSR count). The second-order valence-electron chi connectivity index (χ2n) is 6.37. The van der Waals surface area contributed by atoms with Crippen LogP contribution >= 0.6 is 23.2 Å². The first kappa shape index (κ1) is 18.5. The lowest BCUT2D eigenvalue weighted by molar-refractivity contribution is -0.116. The van der Waals surface area contributed by atoms with Crippen molar-refractivity contribution in [3.05, 3.63) is 76.2 Å². The molecule has 0 saturated heterocycles. The molecule has 6 nitrogen and oxygen atoms in total. The highest BCUT2D eigenvalue weighted by Crippen LogP contribution is 2.26. The van der Waals surface area contributed by atoms with E-state index in [1.54, 1.807) is 23.0 Å². The molecule has 142 valence electrons. The molecule has 0 spiro atoms. The first-order valence-corrected chi connectivity index (χ1v) is 9.45. The first-order chi connectivity index (χ1) is 13.5. The normalized spacial score (nSPS) is 11.1. The van der Waals surface area contributed by atoms with E-state index in [1.165, 1.54) is 0 Å². The number of nitrogens with one attached hydrogen (secondary N) is 1. The second-order valence-corrected chi connectivity index (χ2v) is 7.15. The fourth-order valence-electron chi connectivity index (χ4n) is 3.12. The number of hydrogen-bond acceptors (Lipinski definition) is 3. The summed E-state index contributed by atoms with van der Waals surface area (Å²) in [4.78, 5) is 17.1. The Balaban J connectivity index is 1.52. The fourth-order valence-corrected chi connectivity index (χ4v) is 3.50. The van der Waals surface area contributed by atoms with Gasteiger partial charge < -0.3 is 9.88 Å². The van der Waals surface area contributed by atoms with Gasteiger partial charge in [-0.1, -0.05) is 47.5 Å². The van der Waals surface area contributed by atoms with Crippen LogP contribution in [0.3, 0.4) is 0 Å². The van der Waals surface area contributed by atoms with Gasteiger partial charge in [-0.2, -0.15) is 5.10 Å². The number of anilines is 1. The van der Waals surface area contributed by atoms with Gasteiger partial charge in [0.05, 0.1) is 33.8 Å². The minimum absolute atomic E-state index is 0.162. The molecule has 4 aromatic rings. The molecular formula is C20H17Cl2N5O. The van der Waals surface area contributed by atoms with Crippen molar-refractivity contribution < 1.29 is 4.79 Å². The van der Waals surface area contributed by atoms with Crippen molar-refractivity contribution in [2.24, 2.45) is 0 Å². The highest BCUT2D eigenvalue weighted by Gasteiger charge is 2.14. The summed E-state index contributed by atoms with van der Waals surface area (Å²) in [6.07, 6.45) is 1.63. The number of aryl methyl sites for hydroxylation is 1. The minimum atomic E-state index is -0.162. The van der Waals surface area contributed by atoms with Gasteiger partial charge in [-0.05, 0) is 30.7 Å². The molecule has 0 radical (unpaired) electrons. The fraction of sp³-hybridized carbons (Fsp3) is 0.150. The van der Waals surface area contributed by atoms with Crippen molar-refractivity contribution in [2.75, 3.05) is 5.32 Å². The van der Waals surface area contributed by atoms with Crippen molar-refractivity contribution in [3.8, 4) is 0 Å². The molecule has 0 atom stereocenters. The maximum Gasteiger partial charge on any atom is 0.245 e. The molecule has 1 N–H and O–H groups in total. The van der Waals surface area contributed by atoms with Gasteiger partial charge in [0.2, 0.25) is 5.91 Å². The molecule has 1 amide bonds. The third-order valence-electron chi connectivity index (χ3n) is 4.48. The highest BCUT2D eigenvalue weighted by molar-refractivity contribution is 6.42. The summed E-state index contributed by atoms with van der Waals surface area (Å²) in [5.74, 6) is 1.21. The van der Waals surface area contributed by atoms with Crippen molar-refractivity contribution in [2.45, 2.75) is 20.0 Å². The first-order valence-electron chi connectivity index (χ1n) is 8.69. The van der Waals surface area contributed by atoms with E-state index in [1.807, 2.05) is 47.9 Å². The Labute approximate surface area is 171 Å². The maximum absolute atomic E-state index is 12.7. The number of amides is 1. The molecule has 0 bridgehead atoms. The molecule has 0 unspecified atom stereocenters. The average Bonchev–Trinajstić information content (AvgIpc) is 3.23. The number of para-hydroxylation sites is 2. The standard InChI is InChI=1S/C20H17Cl2N5O/c1-13-24-16-7-2-3-8-17(16)26(13)12-19(28)25-18-9-10-23-27(18)11-14-5-4-6-15(21)20(14)22/h2-10H,11-12H2,1H3,(H,25,28). The summed E-state index contributed by atoms with van der Waals surface area (Å²) in [7, 11) is 0. The highest BCUT2D eigenvalue weighted by atomic mass is 35.5. The summed E-state index contributed by atoms with van der Waals surface area (Å²) in [6, 6.07) is 14.9. The van der Waals surface area contributed by atoms with Crippen LogP contribution in [0.2, 0.25) is 10.0 Å². The summed E-state index contributed by atoms with van der Waals surface area (Å²) < 4.78 is 3.56. The van der Waals surface area contributed by atoms with E-state index in [0.29, 0.717) is 22.4 Å². The maximum atomic E-state index is 12.7. The van der Waals surface area contributed by atoms with Crippen LogP contribution in [0.4, 0.5) is 5.82 Å². The van der Waals surface area contributed by atoms with Gasteiger partial charge in [0, 0.05) is 6.07 Å². The zero-order valence-electron chi connectivity index (χ0n) is 15.1. The predicted octanol–water partition coefficient (Wildman–Crippen LogP) is 4.54.